The lowest BCUT2D eigenvalue weighted by Gasteiger charge is -2.26. The third-order valence-corrected chi connectivity index (χ3v) is 5.68. The van der Waals surface area contributed by atoms with Crippen LogP contribution < -0.4 is 14.4 Å². The molecule has 1 atom stereocenters. The number of methoxy groups -OCH3 is 2. The molecule has 1 amide bonds. The summed E-state index contributed by atoms with van der Waals surface area (Å²) in [6.07, 6.45) is 0. The van der Waals surface area contributed by atoms with Crippen LogP contribution in [0.5, 0.6) is 17.2 Å². The van der Waals surface area contributed by atoms with E-state index in [-0.39, 0.29) is 28.4 Å². The number of phenols is 1. The SMILES string of the molecule is COc1ccc(C2/C(=C(/O)c3ccccc3OC)C(=O)C(=O)N2c2ccc(Cl)cc2)cc1O. The second-order valence-electron chi connectivity index (χ2n) is 7.28. The Kier molecular flexibility index (Phi) is 5.98. The minimum Gasteiger partial charge on any atom is -0.507 e. The summed E-state index contributed by atoms with van der Waals surface area (Å²) in [4.78, 5) is 27.6. The molecule has 1 saturated heterocycles. The van der Waals surface area contributed by atoms with Gasteiger partial charge in [0.05, 0.1) is 31.4 Å². The predicted octanol–water partition coefficient (Wildman–Crippen LogP) is 4.69. The molecule has 4 rings (SSSR count). The second kappa shape index (κ2) is 8.88. The van der Waals surface area contributed by atoms with Gasteiger partial charge in [-0.3, -0.25) is 14.5 Å². The largest absolute Gasteiger partial charge is 0.507 e. The van der Waals surface area contributed by atoms with E-state index in [1.54, 1.807) is 54.6 Å². The molecule has 3 aromatic carbocycles. The number of aromatic hydroxyl groups is 1. The molecule has 0 aromatic heterocycles. The molecule has 1 aliphatic heterocycles. The average molecular weight is 466 g/mol. The zero-order valence-electron chi connectivity index (χ0n) is 17.8. The molecule has 0 radical (unpaired) electrons. The number of halogens is 1. The summed E-state index contributed by atoms with van der Waals surface area (Å²) in [7, 11) is 2.85. The number of anilines is 1. The highest BCUT2D eigenvalue weighted by Crippen LogP contribution is 2.44. The highest BCUT2D eigenvalue weighted by molar-refractivity contribution is 6.51. The van der Waals surface area contributed by atoms with Crippen molar-refractivity contribution in [3.8, 4) is 17.2 Å². The Morgan fingerprint density at radius 3 is 2.24 bits per heavy atom. The van der Waals surface area contributed by atoms with Crippen LogP contribution in [0.25, 0.3) is 5.76 Å². The van der Waals surface area contributed by atoms with Gasteiger partial charge in [0.25, 0.3) is 11.7 Å². The molecule has 1 fully saturated rings. The van der Waals surface area contributed by atoms with Gasteiger partial charge in [-0.25, -0.2) is 0 Å². The molecule has 1 heterocycles. The molecule has 0 saturated carbocycles. The van der Waals surface area contributed by atoms with Crippen LogP contribution in [-0.2, 0) is 9.59 Å². The lowest BCUT2D eigenvalue weighted by Crippen LogP contribution is -2.29. The zero-order valence-corrected chi connectivity index (χ0v) is 18.5. The summed E-state index contributed by atoms with van der Waals surface area (Å²) in [5.74, 6) is -1.68. The fourth-order valence-corrected chi connectivity index (χ4v) is 4.00. The maximum Gasteiger partial charge on any atom is 0.300 e. The Morgan fingerprint density at radius 1 is 0.939 bits per heavy atom. The third kappa shape index (κ3) is 3.87. The highest BCUT2D eigenvalue weighted by atomic mass is 35.5. The Bertz CT molecular complexity index is 1270. The number of nitrogens with zero attached hydrogens (tertiary/aromatic N) is 1. The van der Waals surface area contributed by atoms with E-state index < -0.39 is 17.7 Å². The van der Waals surface area contributed by atoms with Crippen molar-refractivity contribution in [2.45, 2.75) is 6.04 Å². The van der Waals surface area contributed by atoms with E-state index in [0.717, 1.165) is 0 Å². The smallest absolute Gasteiger partial charge is 0.300 e. The van der Waals surface area contributed by atoms with Gasteiger partial charge >= 0.3 is 0 Å². The van der Waals surface area contributed by atoms with Gasteiger partial charge in [0.15, 0.2) is 11.5 Å². The molecule has 0 aliphatic carbocycles. The Labute approximate surface area is 195 Å². The van der Waals surface area contributed by atoms with Crippen LogP contribution in [0.15, 0.2) is 72.3 Å². The number of carbonyl (C=O) groups is 2. The van der Waals surface area contributed by atoms with E-state index in [2.05, 4.69) is 0 Å². The van der Waals surface area contributed by atoms with Gasteiger partial charge < -0.3 is 19.7 Å². The van der Waals surface area contributed by atoms with Crippen LogP contribution >= 0.6 is 11.6 Å². The number of rotatable bonds is 5. The van der Waals surface area contributed by atoms with Crippen molar-refractivity contribution in [1.29, 1.82) is 0 Å². The van der Waals surface area contributed by atoms with Crippen molar-refractivity contribution in [3.63, 3.8) is 0 Å². The predicted molar refractivity (Wildman–Crippen MR) is 124 cm³/mol. The number of hydrogen-bond acceptors (Lipinski definition) is 6. The van der Waals surface area contributed by atoms with Crippen LogP contribution in [-0.4, -0.2) is 36.1 Å². The molecule has 3 aromatic rings. The number of ether oxygens (including phenoxy) is 2. The molecule has 8 heteroatoms. The minimum atomic E-state index is -1.02. The lowest BCUT2D eigenvalue weighted by atomic mass is 9.94. The summed E-state index contributed by atoms with van der Waals surface area (Å²) in [5.41, 5.74) is 0.931. The summed E-state index contributed by atoms with van der Waals surface area (Å²) in [5, 5.41) is 22.1. The number of hydrogen-bond donors (Lipinski definition) is 2. The number of Topliss-reactive ketones (excluding diaryl/α,β-unsaturated/α-hetero) is 1. The first-order valence-corrected chi connectivity index (χ1v) is 10.3. The van der Waals surface area contributed by atoms with Crippen molar-refractivity contribution in [1.82, 2.24) is 0 Å². The average Bonchev–Trinajstić information content (AvgIpc) is 3.09. The number of amides is 1. The normalized spacial score (nSPS) is 17.3. The minimum absolute atomic E-state index is 0.135. The van der Waals surface area contributed by atoms with Crippen LogP contribution in [0.2, 0.25) is 5.02 Å². The van der Waals surface area contributed by atoms with Gasteiger partial charge in [0.2, 0.25) is 0 Å². The van der Waals surface area contributed by atoms with Crippen molar-refractivity contribution in [3.05, 3.63) is 88.5 Å². The van der Waals surface area contributed by atoms with Crippen LogP contribution in [0.3, 0.4) is 0 Å². The number of benzene rings is 3. The molecular formula is C25H20ClNO6. The molecule has 0 spiro atoms. The number of aliphatic hydroxyl groups excluding tert-OH is 1. The molecule has 1 aliphatic rings. The maximum atomic E-state index is 13.2. The van der Waals surface area contributed by atoms with Crippen LogP contribution in [0.1, 0.15) is 17.2 Å². The van der Waals surface area contributed by atoms with E-state index in [1.807, 2.05) is 0 Å². The Balaban J connectivity index is 1.98. The fourth-order valence-electron chi connectivity index (χ4n) is 3.88. The number of aliphatic hydroxyl groups is 1. The van der Waals surface area contributed by atoms with E-state index in [0.29, 0.717) is 22.0 Å². The molecule has 33 heavy (non-hydrogen) atoms. The van der Waals surface area contributed by atoms with E-state index in [4.69, 9.17) is 21.1 Å². The van der Waals surface area contributed by atoms with Crippen molar-refractivity contribution >= 4 is 34.7 Å². The van der Waals surface area contributed by atoms with E-state index >= 15 is 0 Å². The van der Waals surface area contributed by atoms with E-state index in [9.17, 15) is 19.8 Å². The molecule has 0 bridgehead atoms. The summed E-state index contributed by atoms with van der Waals surface area (Å²) >= 11 is 6.00. The third-order valence-electron chi connectivity index (χ3n) is 5.43. The van der Waals surface area contributed by atoms with Gasteiger partial charge in [-0.15, -0.1) is 0 Å². The quantitative estimate of drug-likeness (QED) is 0.322. The highest BCUT2D eigenvalue weighted by Gasteiger charge is 2.47. The first-order valence-electron chi connectivity index (χ1n) is 9.94. The number of phenolic OH excluding ortho intramolecular Hbond substituents is 1. The van der Waals surface area contributed by atoms with Gasteiger partial charge in [-0.1, -0.05) is 29.8 Å². The summed E-state index contributed by atoms with van der Waals surface area (Å²) in [6.45, 7) is 0. The first-order chi connectivity index (χ1) is 15.9. The Morgan fingerprint density at radius 2 is 1.61 bits per heavy atom. The zero-order chi connectivity index (χ0) is 23.7. The van der Waals surface area contributed by atoms with E-state index in [1.165, 1.54) is 31.3 Å². The van der Waals surface area contributed by atoms with Gasteiger partial charge in [-0.2, -0.15) is 0 Å². The molecule has 168 valence electrons. The second-order valence-corrected chi connectivity index (χ2v) is 7.71. The van der Waals surface area contributed by atoms with Gasteiger partial charge in [0, 0.05) is 10.7 Å². The fraction of sp³-hybridized carbons (Fsp3) is 0.120. The number of para-hydroxylation sites is 1. The Hall–Kier alpha value is -3.97. The monoisotopic (exact) mass is 465 g/mol. The van der Waals surface area contributed by atoms with Crippen molar-refractivity contribution in [2.75, 3.05) is 19.1 Å². The van der Waals surface area contributed by atoms with Gasteiger partial charge in [0.1, 0.15) is 11.5 Å². The number of carbonyl (C=O) groups excluding carboxylic acids is 2. The molecular weight excluding hydrogens is 446 g/mol. The van der Waals surface area contributed by atoms with Gasteiger partial charge in [-0.05, 0) is 54.1 Å². The first kappa shape index (κ1) is 22.2. The lowest BCUT2D eigenvalue weighted by molar-refractivity contribution is -0.132. The summed E-state index contributed by atoms with van der Waals surface area (Å²) in [6, 6.07) is 16.6. The van der Waals surface area contributed by atoms with Crippen molar-refractivity contribution < 1.29 is 29.3 Å². The number of ketones is 1. The molecule has 1 unspecified atom stereocenters. The standard InChI is InChI=1S/C25H20ClNO6/c1-32-19-6-4-3-5-17(19)23(29)21-22(14-7-12-20(33-2)18(28)13-14)27(25(31)24(21)30)16-10-8-15(26)9-11-16/h3-13,22,28-29H,1-2H3/b23-21-. The van der Waals surface area contributed by atoms with Crippen LogP contribution in [0, 0.1) is 0 Å². The topological polar surface area (TPSA) is 96.3 Å². The van der Waals surface area contributed by atoms with Crippen LogP contribution in [0.4, 0.5) is 5.69 Å². The molecule has 7 nitrogen and oxygen atoms in total. The summed E-state index contributed by atoms with van der Waals surface area (Å²) < 4.78 is 10.4. The molecule has 2 N–H and O–H groups in total. The van der Waals surface area contributed by atoms with Crippen molar-refractivity contribution in [2.24, 2.45) is 0 Å². The maximum absolute atomic E-state index is 13.2.